The molecule has 0 saturated heterocycles. The lowest BCUT2D eigenvalue weighted by Crippen LogP contribution is -2.06. The number of rotatable bonds is 5. The van der Waals surface area contributed by atoms with Gasteiger partial charge in [-0.3, -0.25) is 0 Å². The number of aromatic nitrogens is 1. The summed E-state index contributed by atoms with van der Waals surface area (Å²) in [5.74, 6) is 1.83. The zero-order valence-corrected chi connectivity index (χ0v) is 14.0. The van der Waals surface area contributed by atoms with E-state index in [1.165, 1.54) is 66.3 Å². The lowest BCUT2D eigenvalue weighted by atomic mass is 9.85. The number of hydrogen-bond acceptors (Lipinski definition) is 1. The summed E-state index contributed by atoms with van der Waals surface area (Å²) < 4.78 is 5.36. The van der Waals surface area contributed by atoms with Gasteiger partial charge in [0.2, 0.25) is 0 Å². The molecular formula is C20H27NO. The number of benzene rings is 1. The third-order valence-corrected chi connectivity index (χ3v) is 5.07. The molecule has 1 aromatic heterocycles. The molecule has 0 aliphatic heterocycles. The summed E-state index contributed by atoms with van der Waals surface area (Å²) in [7, 11) is 1.73. The van der Waals surface area contributed by atoms with Crippen LogP contribution in [0, 0.1) is 12.8 Å². The Kier molecular flexibility index (Phi) is 4.56. The molecule has 1 N–H and O–H groups in total. The van der Waals surface area contributed by atoms with Crippen molar-refractivity contribution in [2.75, 3.05) is 7.11 Å². The largest absolute Gasteiger partial charge is 0.497 e. The van der Waals surface area contributed by atoms with Gasteiger partial charge in [0, 0.05) is 16.6 Å². The summed E-state index contributed by atoms with van der Waals surface area (Å²) in [4.78, 5) is 3.62. The Morgan fingerprint density at radius 2 is 2.18 bits per heavy atom. The first-order valence-corrected chi connectivity index (χ1v) is 8.58. The first-order chi connectivity index (χ1) is 10.7. The molecule has 1 aliphatic rings. The first-order valence-electron chi connectivity index (χ1n) is 8.58. The summed E-state index contributed by atoms with van der Waals surface area (Å²) in [6, 6.07) is 6.29. The van der Waals surface area contributed by atoms with Crippen LogP contribution in [0.25, 0.3) is 16.5 Å². The monoisotopic (exact) mass is 297 g/mol. The van der Waals surface area contributed by atoms with Crippen molar-refractivity contribution in [2.45, 2.75) is 52.4 Å². The molecule has 2 nitrogen and oxygen atoms in total. The Bertz CT molecular complexity index is 680. The van der Waals surface area contributed by atoms with E-state index in [1.807, 2.05) is 6.07 Å². The predicted octanol–water partition coefficient (Wildman–Crippen LogP) is 5.86. The van der Waals surface area contributed by atoms with Gasteiger partial charge in [-0.05, 0) is 61.4 Å². The lowest BCUT2D eigenvalue weighted by Gasteiger charge is -2.21. The van der Waals surface area contributed by atoms with Crippen molar-refractivity contribution in [1.29, 1.82) is 0 Å². The van der Waals surface area contributed by atoms with Gasteiger partial charge in [0.15, 0.2) is 0 Å². The smallest absolute Gasteiger partial charge is 0.119 e. The number of unbranched alkanes of at least 4 members (excludes halogenated alkanes) is 1. The molecule has 2 aromatic rings. The molecule has 0 bridgehead atoms. The lowest BCUT2D eigenvalue weighted by molar-refractivity contribution is 0.415. The van der Waals surface area contributed by atoms with Gasteiger partial charge in [0.1, 0.15) is 5.75 Å². The van der Waals surface area contributed by atoms with E-state index in [0.717, 1.165) is 11.7 Å². The summed E-state index contributed by atoms with van der Waals surface area (Å²) in [6.45, 7) is 4.50. The number of ether oxygens (including phenoxy) is 1. The standard InChI is InChI=1S/C20H27NO/c1-4-5-6-15-7-9-16(10-8-15)20-14(2)18-13-17(22-3)11-12-19(18)21-20/h9,11-13,15,21H,4-8,10H2,1-3H3. The van der Waals surface area contributed by atoms with Crippen LogP contribution >= 0.6 is 0 Å². The molecule has 3 rings (SSSR count). The molecule has 1 aliphatic carbocycles. The Hall–Kier alpha value is -1.70. The maximum absolute atomic E-state index is 5.36. The zero-order chi connectivity index (χ0) is 15.5. The number of H-pyrrole nitrogens is 1. The second kappa shape index (κ2) is 6.60. The van der Waals surface area contributed by atoms with E-state index < -0.39 is 0 Å². The van der Waals surface area contributed by atoms with Gasteiger partial charge in [-0.25, -0.2) is 0 Å². The molecule has 0 amide bonds. The summed E-state index contributed by atoms with van der Waals surface area (Å²) >= 11 is 0. The maximum Gasteiger partial charge on any atom is 0.119 e. The van der Waals surface area contributed by atoms with Crippen LogP contribution in [0.5, 0.6) is 5.75 Å². The van der Waals surface area contributed by atoms with Crippen molar-refractivity contribution in [3.63, 3.8) is 0 Å². The molecular weight excluding hydrogens is 270 g/mol. The average molecular weight is 297 g/mol. The zero-order valence-electron chi connectivity index (χ0n) is 14.0. The Morgan fingerprint density at radius 3 is 2.86 bits per heavy atom. The molecule has 0 fully saturated rings. The predicted molar refractivity (Wildman–Crippen MR) is 94.4 cm³/mol. The van der Waals surface area contributed by atoms with E-state index in [9.17, 15) is 0 Å². The fourth-order valence-corrected chi connectivity index (χ4v) is 3.62. The number of fused-ring (bicyclic) bond motifs is 1. The van der Waals surface area contributed by atoms with E-state index in [1.54, 1.807) is 7.11 Å². The van der Waals surface area contributed by atoms with E-state index >= 15 is 0 Å². The summed E-state index contributed by atoms with van der Waals surface area (Å²) in [5.41, 5.74) is 5.40. The van der Waals surface area contributed by atoms with Crippen LogP contribution in [0.15, 0.2) is 24.3 Å². The van der Waals surface area contributed by atoms with Crippen molar-refractivity contribution in [3.8, 4) is 5.75 Å². The second-order valence-electron chi connectivity index (χ2n) is 6.55. The highest BCUT2D eigenvalue weighted by molar-refractivity contribution is 5.90. The Balaban J connectivity index is 1.85. The first kappa shape index (κ1) is 15.2. The molecule has 22 heavy (non-hydrogen) atoms. The molecule has 1 aromatic carbocycles. The van der Waals surface area contributed by atoms with Crippen molar-refractivity contribution < 1.29 is 4.74 Å². The highest BCUT2D eigenvalue weighted by atomic mass is 16.5. The molecule has 0 spiro atoms. The van der Waals surface area contributed by atoms with Crippen LogP contribution in [-0.2, 0) is 0 Å². The average Bonchev–Trinajstić information content (AvgIpc) is 2.90. The van der Waals surface area contributed by atoms with Crippen LogP contribution in [0.3, 0.4) is 0 Å². The summed E-state index contributed by atoms with van der Waals surface area (Å²) in [6.07, 6.45) is 10.3. The topological polar surface area (TPSA) is 25.0 Å². The van der Waals surface area contributed by atoms with Gasteiger partial charge in [0.25, 0.3) is 0 Å². The van der Waals surface area contributed by atoms with Crippen LogP contribution in [0.2, 0.25) is 0 Å². The third-order valence-electron chi connectivity index (χ3n) is 5.07. The Labute approximate surface area is 133 Å². The highest BCUT2D eigenvalue weighted by Gasteiger charge is 2.18. The molecule has 2 heteroatoms. The van der Waals surface area contributed by atoms with Gasteiger partial charge < -0.3 is 9.72 Å². The number of aromatic amines is 1. The van der Waals surface area contributed by atoms with Crippen molar-refractivity contribution >= 4 is 16.5 Å². The number of methoxy groups -OCH3 is 1. The molecule has 0 radical (unpaired) electrons. The fraction of sp³-hybridized carbons (Fsp3) is 0.500. The SMILES string of the molecule is CCCCC1CC=C(c2[nH]c3ccc(OC)cc3c2C)CC1. The van der Waals surface area contributed by atoms with Gasteiger partial charge >= 0.3 is 0 Å². The minimum Gasteiger partial charge on any atom is -0.497 e. The normalized spacial score (nSPS) is 18.5. The van der Waals surface area contributed by atoms with Gasteiger partial charge in [-0.2, -0.15) is 0 Å². The van der Waals surface area contributed by atoms with E-state index in [2.05, 4.69) is 37.0 Å². The number of hydrogen-bond donors (Lipinski definition) is 1. The molecule has 118 valence electrons. The maximum atomic E-state index is 5.36. The Morgan fingerprint density at radius 1 is 1.32 bits per heavy atom. The van der Waals surface area contributed by atoms with E-state index in [4.69, 9.17) is 4.74 Å². The van der Waals surface area contributed by atoms with Gasteiger partial charge in [-0.1, -0.05) is 32.3 Å². The molecule has 1 atom stereocenters. The highest BCUT2D eigenvalue weighted by Crippen LogP contribution is 2.36. The van der Waals surface area contributed by atoms with Gasteiger partial charge in [0.05, 0.1) is 7.11 Å². The van der Waals surface area contributed by atoms with Gasteiger partial charge in [-0.15, -0.1) is 0 Å². The molecule has 0 saturated carbocycles. The van der Waals surface area contributed by atoms with Crippen LogP contribution < -0.4 is 4.74 Å². The number of allylic oxidation sites excluding steroid dienone is 2. The van der Waals surface area contributed by atoms with Crippen molar-refractivity contribution in [2.24, 2.45) is 5.92 Å². The number of aryl methyl sites for hydroxylation is 1. The fourth-order valence-electron chi connectivity index (χ4n) is 3.62. The van der Waals surface area contributed by atoms with Crippen LogP contribution in [0.1, 0.15) is 56.7 Å². The van der Waals surface area contributed by atoms with E-state index in [-0.39, 0.29) is 0 Å². The quantitative estimate of drug-likeness (QED) is 0.734. The van der Waals surface area contributed by atoms with E-state index in [0.29, 0.717) is 0 Å². The molecule has 1 unspecified atom stereocenters. The molecule has 1 heterocycles. The minimum absolute atomic E-state index is 0.897. The minimum atomic E-state index is 0.897. The number of nitrogens with one attached hydrogen (secondary N) is 1. The van der Waals surface area contributed by atoms with Crippen molar-refractivity contribution in [3.05, 3.63) is 35.5 Å². The van der Waals surface area contributed by atoms with Crippen LogP contribution in [0.4, 0.5) is 0 Å². The van der Waals surface area contributed by atoms with Crippen LogP contribution in [-0.4, -0.2) is 12.1 Å². The third kappa shape index (κ3) is 2.92. The summed E-state index contributed by atoms with van der Waals surface area (Å²) in [5, 5.41) is 1.28. The second-order valence-corrected chi connectivity index (χ2v) is 6.55. The van der Waals surface area contributed by atoms with Crippen molar-refractivity contribution in [1.82, 2.24) is 4.98 Å².